The SMILES string of the molecule is CCCCCCCCCCCCCC(=O)OCC1=C[C@@H]2C(=O)[C@]3(C=C(C)[C@H](O)[C@@]3(O)[C@@H]1O)[C@H](C)C[C@@H]1[C@H]2C1(C)C. The van der Waals surface area contributed by atoms with Gasteiger partial charge in [0.05, 0.1) is 5.41 Å². The van der Waals surface area contributed by atoms with Gasteiger partial charge in [-0.1, -0.05) is 104 Å². The molecule has 2 bridgehead atoms. The molecule has 6 nitrogen and oxygen atoms in total. The van der Waals surface area contributed by atoms with Gasteiger partial charge in [-0.25, -0.2) is 0 Å². The van der Waals surface area contributed by atoms with Crippen molar-refractivity contribution in [2.75, 3.05) is 6.61 Å². The maximum atomic E-state index is 14.3. The standard InChI is InChI=1S/C34H54O6/c1-6-7-8-9-10-11-12-13-14-15-16-17-27(35)40-21-24-19-25-28-26(32(28,4)5)18-23(3)33(31(25)38)20-22(2)29(36)34(33,39)30(24)37/h19-20,23,25-26,28-30,36-37,39H,6-18,21H2,1-5H3/t23-,25+,26-,28+,29+,30-,33+,34-/m1/s1. The molecule has 8 atom stereocenters. The molecule has 0 heterocycles. The van der Waals surface area contributed by atoms with Crippen LogP contribution in [0.4, 0.5) is 0 Å². The van der Waals surface area contributed by atoms with Crippen LogP contribution in [0.3, 0.4) is 0 Å². The third-order valence-electron chi connectivity index (χ3n) is 11.1. The molecule has 0 radical (unpaired) electrons. The number of esters is 1. The molecular weight excluding hydrogens is 504 g/mol. The molecule has 2 fully saturated rings. The molecule has 0 unspecified atom stereocenters. The van der Waals surface area contributed by atoms with E-state index in [0.29, 0.717) is 23.5 Å². The Labute approximate surface area is 241 Å². The van der Waals surface area contributed by atoms with Crippen molar-refractivity contribution in [2.24, 2.45) is 34.5 Å². The summed E-state index contributed by atoms with van der Waals surface area (Å²) in [5.74, 6) is -0.781. The Morgan fingerprint density at radius 1 is 0.975 bits per heavy atom. The number of rotatable bonds is 14. The zero-order valence-electron chi connectivity index (χ0n) is 25.6. The summed E-state index contributed by atoms with van der Waals surface area (Å²) in [5.41, 5.74) is -2.65. The summed E-state index contributed by atoms with van der Waals surface area (Å²) in [7, 11) is 0. The number of fused-ring (bicyclic) bond motifs is 3. The molecular formula is C34H54O6. The topological polar surface area (TPSA) is 104 Å². The van der Waals surface area contributed by atoms with Crippen LogP contribution in [-0.2, 0) is 14.3 Å². The molecule has 4 aliphatic rings. The van der Waals surface area contributed by atoms with Gasteiger partial charge in [0.1, 0.15) is 24.4 Å². The Bertz CT molecular complexity index is 996. The van der Waals surface area contributed by atoms with Gasteiger partial charge in [-0.15, -0.1) is 0 Å². The Morgan fingerprint density at radius 3 is 2.15 bits per heavy atom. The van der Waals surface area contributed by atoms with Gasteiger partial charge in [0.2, 0.25) is 0 Å². The third-order valence-corrected chi connectivity index (χ3v) is 11.1. The molecule has 1 spiro atoms. The van der Waals surface area contributed by atoms with Crippen molar-refractivity contribution in [1.29, 1.82) is 0 Å². The van der Waals surface area contributed by atoms with E-state index in [0.717, 1.165) is 25.7 Å². The first-order valence-corrected chi connectivity index (χ1v) is 16.1. The number of aliphatic hydroxyl groups excluding tert-OH is 2. The monoisotopic (exact) mass is 558 g/mol. The highest BCUT2D eigenvalue weighted by atomic mass is 16.5. The molecule has 4 aliphatic carbocycles. The van der Waals surface area contributed by atoms with E-state index in [9.17, 15) is 24.9 Å². The molecule has 0 amide bonds. The Balaban J connectivity index is 1.35. The van der Waals surface area contributed by atoms with Crippen molar-refractivity contribution in [3.63, 3.8) is 0 Å². The summed E-state index contributed by atoms with van der Waals surface area (Å²) >= 11 is 0. The van der Waals surface area contributed by atoms with Gasteiger partial charge in [0.15, 0.2) is 5.78 Å². The Hall–Kier alpha value is -1.50. The molecule has 0 saturated heterocycles. The molecule has 0 aromatic carbocycles. The van der Waals surface area contributed by atoms with Gasteiger partial charge in [0, 0.05) is 12.3 Å². The van der Waals surface area contributed by atoms with Gasteiger partial charge in [0.25, 0.3) is 0 Å². The van der Waals surface area contributed by atoms with Crippen molar-refractivity contribution in [1.82, 2.24) is 0 Å². The summed E-state index contributed by atoms with van der Waals surface area (Å²) in [6.07, 6.45) is 14.9. The number of ketones is 1. The molecule has 2 saturated carbocycles. The van der Waals surface area contributed by atoms with E-state index >= 15 is 0 Å². The number of ether oxygens (including phenoxy) is 1. The zero-order chi connectivity index (χ0) is 29.3. The average molecular weight is 559 g/mol. The molecule has 226 valence electrons. The van der Waals surface area contributed by atoms with E-state index in [-0.39, 0.29) is 35.6 Å². The molecule has 3 N–H and O–H groups in total. The van der Waals surface area contributed by atoms with Gasteiger partial charge in [-0.05, 0) is 54.1 Å². The first kappa shape index (κ1) is 31.4. The minimum Gasteiger partial charge on any atom is -0.461 e. The van der Waals surface area contributed by atoms with Crippen molar-refractivity contribution < 1.29 is 29.6 Å². The lowest BCUT2D eigenvalue weighted by Crippen LogP contribution is -2.65. The van der Waals surface area contributed by atoms with Crippen LogP contribution in [0.2, 0.25) is 0 Å². The maximum Gasteiger partial charge on any atom is 0.306 e. The fourth-order valence-electron chi connectivity index (χ4n) is 8.59. The van der Waals surface area contributed by atoms with Crippen LogP contribution < -0.4 is 0 Å². The van der Waals surface area contributed by atoms with Gasteiger partial charge in [-0.2, -0.15) is 0 Å². The van der Waals surface area contributed by atoms with Crippen molar-refractivity contribution in [3.8, 4) is 0 Å². The van der Waals surface area contributed by atoms with Gasteiger partial charge in [-0.3, -0.25) is 9.59 Å². The zero-order valence-corrected chi connectivity index (χ0v) is 25.6. The van der Waals surface area contributed by atoms with Crippen molar-refractivity contribution >= 4 is 11.8 Å². The van der Waals surface area contributed by atoms with E-state index in [1.807, 2.05) is 6.92 Å². The normalized spacial score (nSPS) is 37.5. The summed E-state index contributed by atoms with van der Waals surface area (Å²) in [6, 6.07) is 0. The van der Waals surface area contributed by atoms with Crippen LogP contribution in [0, 0.1) is 34.5 Å². The molecule has 0 aromatic rings. The first-order valence-electron chi connectivity index (χ1n) is 16.1. The summed E-state index contributed by atoms with van der Waals surface area (Å²) in [4.78, 5) is 26.9. The molecule has 40 heavy (non-hydrogen) atoms. The fourth-order valence-corrected chi connectivity index (χ4v) is 8.59. The largest absolute Gasteiger partial charge is 0.461 e. The van der Waals surface area contributed by atoms with Crippen LogP contribution in [0.1, 0.15) is 118 Å². The van der Waals surface area contributed by atoms with Crippen LogP contribution in [0.25, 0.3) is 0 Å². The summed E-state index contributed by atoms with van der Waals surface area (Å²) in [5, 5.41) is 34.9. The Kier molecular flexibility index (Phi) is 9.74. The minimum atomic E-state index is -2.09. The van der Waals surface area contributed by atoms with Crippen LogP contribution >= 0.6 is 0 Å². The highest BCUT2D eigenvalue weighted by molar-refractivity contribution is 5.95. The highest BCUT2D eigenvalue weighted by Crippen LogP contribution is 2.71. The number of allylic oxidation sites excluding steroid dienone is 1. The second kappa shape index (κ2) is 12.4. The summed E-state index contributed by atoms with van der Waals surface area (Å²) in [6.45, 7) is 10.1. The predicted molar refractivity (Wildman–Crippen MR) is 156 cm³/mol. The number of carbonyl (C=O) groups excluding carboxylic acids is 2. The predicted octanol–water partition coefficient (Wildman–Crippen LogP) is 6.07. The van der Waals surface area contributed by atoms with E-state index < -0.39 is 29.1 Å². The number of hydrogen-bond donors (Lipinski definition) is 3. The molecule has 0 aromatic heterocycles. The van der Waals surface area contributed by atoms with E-state index in [1.54, 1.807) is 19.1 Å². The van der Waals surface area contributed by atoms with Crippen molar-refractivity contribution in [3.05, 3.63) is 23.3 Å². The minimum absolute atomic E-state index is 0.0209. The second-order valence-electron chi connectivity index (χ2n) is 14.1. The van der Waals surface area contributed by atoms with Crippen LogP contribution in [-0.4, -0.2) is 51.5 Å². The van der Waals surface area contributed by atoms with Crippen LogP contribution in [0.15, 0.2) is 23.3 Å². The first-order chi connectivity index (χ1) is 18.9. The number of unbranched alkanes of at least 4 members (excludes halogenated alkanes) is 10. The van der Waals surface area contributed by atoms with Crippen molar-refractivity contribution in [2.45, 2.75) is 136 Å². The molecule has 0 aliphatic heterocycles. The average Bonchev–Trinajstić information content (AvgIpc) is 3.42. The van der Waals surface area contributed by atoms with Gasteiger partial charge >= 0.3 is 5.97 Å². The number of hydrogen-bond acceptors (Lipinski definition) is 6. The number of aliphatic hydroxyl groups is 3. The second-order valence-corrected chi connectivity index (χ2v) is 14.1. The lowest BCUT2D eigenvalue weighted by molar-refractivity contribution is -0.190. The quantitative estimate of drug-likeness (QED) is 0.136. The van der Waals surface area contributed by atoms with E-state index in [1.165, 1.54) is 51.4 Å². The number of Topliss-reactive ketones (excluding diaryl/α,β-unsaturated/α-hetero) is 1. The lowest BCUT2D eigenvalue weighted by atomic mass is 9.59. The lowest BCUT2D eigenvalue weighted by Gasteiger charge is -2.48. The number of carbonyl (C=O) groups is 2. The highest BCUT2D eigenvalue weighted by Gasteiger charge is 2.75. The summed E-state index contributed by atoms with van der Waals surface area (Å²) < 4.78 is 5.61. The maximum absolute atomic E-state index is 14.3. The smallest absolute Gasteiger partial charge is 0.306 e. The fraction of sp³-hybridized carbons (Fsp3) is 0.824. The molecule has 6 heteroatoms. The van der Waals surface area contributed by atoms with Gasteiger partial charge < -0.3 is 20.1 Å². The Morgan fingerprint density at radius 2 is 1.55 bits per heavy atom. The third kappa shape index (κ3) is 5.38. The van der Waals surface area contributed by atoms with E-state index in [4.69, 9.17) is 4.74 Å². The van der Waals surface area contributed by atoms with E-state index in [2.05, 4.69) is 20.8 Å². The molecule has 4 rings (SSSR count). The van der Waals surface area contributed by atoms with Crippen LogP contribution in [0.5, 0.6) is 0 Å².